The van der Waals surface area contributed by atoms with Gasteiger partial charge >= 0.3 is 0 Å². The number of hydrogen-bond acceptors (Lipinski definition) is 3. The summed E-state index contributed by atoms with van der Waals surface area (Å²) in [7, 11) is -3.52. The van der Waals surface area contributed by atoms with E-state index < -0.39 is 15.1 Å². The van der Waals surface area contributed by atoms with Gasteiger partial charge in [0.25, 0.3) is 0 Å². The SMILES string of the molecule is Cc1ccc(S(=O)(=O)[C@@H](CN)c2cccc(Cl)c2)cc1. The first-order chi connectivity index (χ1) is 9.45. The third kappa shape index (κ3) is 3.03. The predicted octanol–water partition coefficient (Wildman–Crippen LogP) is 3.12. The zero-order valence-electron chi connectivity index (χ0n) is 11.1. The van der Waals surface area contributed by atoms with Gasteiger partial charge in [0.2, 0.25) is 0 Å². The van der Waals surface area contributed by atoms with E-state index in [4.69, 9.17) is 17.3 Å². The van der Waals surface area contributed by atoms with Gasteiger partial charge in [0.15, 0.2) is 9.84 Å². The second-order valence-corrected chi connectivity index (χ2v) is 7.20. The molecule has 0 aliphatic heterocycles. The highest BCUT2D eigenvalue weighted by atomic mass is 35.5. The molecule has 0 radical (unpaired) electrons. The van der Waals surface area contributed by atoms with Crippen LogP contribution in [0.1, 0.15) is 16.4 Å². The molecule has 0 saturated heterocycles. The van der Waals surface area contributed by atoms with E-state index in [0.717, 1.165) is 5.56 Å². The quantitative estimate of drug-likeness (QED) is 0.944. The average Bonchev–Trinajstić information content (AvgIpc) is 2.40. The molecule has 1 atom stereocenters. The first kappa shape index (κ1) is 15.0. The fraction of sp³-hybridized carbons (Fsp3) is 0.200. The van der Waals surface area contributed by atoms with Crippen molar-refractivity contribution in [2.75, 3.05) is 6.54 Å². The highest BCUT2D eigenvalue weighted by molar-refractivity contribution is 7.91. The molecule has 0 amide bonds. The fourth-order valence-corrected chi connectivity index (χ4v) is 3.84. The van der Waals surface area contributed by atoms with Gasteiger partial charge < -0.3 is 5.73 Å². The predicted molar refractivity (Wildman–Crippen MR) is 81.6 cm³/mol. The van der Waals surface area contributed by atoms with E-state index in [1.807, 2.05) is 6.92 Å². The Bertz CT molecular complexity index is 696. The Kier molecular flexibility index (Phi) is 4.48. The van der Waals surface area contributed by atoms with Gasteiger partial charge in [-0.15, -0.1) is 0 Å². The second kappa shape index (κ2) is 5.95. The maximum Gasteiger partial charge on any atom is 0.186 e. The van der Waals surface area contributed by atoms with Gasteiger partial charge in [-0.3, -0.25) is 0 Å². The molecule has 3 nitrogen and oxygen atoms in total. The Morgan fingerprint density at radius 3 is 2.35 bits per heavy atom. The van der Waals surface area contributed by atoms with E-state index >= 15 is 0 Å². The molecule has 2 aromatic rings. The van der Waals surface area contributed by atoms with Crippen molar-refractivity contribution < 1.29 is 8.42 Å². The number of rotatable bonds is 4. The molecule has 0 bridgehead atoms. The van der Waals surface area contributed by atoms with Crippen molar-refractivity contribution in [2.45, 2.75) is 17.1 Å². The van der Waals surface area contributed by atoms with E-state index in [1.165, 1.54) is 0 Å². The molecule has 2 aromatic carbocycles. The minimum atomic E-state index is -3.52. The van der Waals surface area contributed by atoms with Crippen LogP contribution >= 0.6 is 11.6 Å². The number of sulfone groups is 1. The normalized spacial score (nSPS) is 13.2. The van der Waals surface area contributed by atoms with Crippen LogP contribution in [0.15, 0.2) is 53.4 Å². The van der Waals surface area contributed by atoms with Gasteiger partial charge in [-0.05, 0) is 36.8 Å². The molecule has 0 aliphatic rings. The van der Waals surface area contributed by atoms with E-state index in [2.05, 4.69) is 0 Å². The molecule has 0 unspecified atom stereocenters. The average molecular weight is 310 g/mol. The van der Waals surface area contributed by atoms with Gasteiger partial charge in [0.05, 0.1) is 4.90 Å². The van der Waals surface area contributed by atoms with Gasteiger partial charge in [-0.2, -0.15) is 0 Å². The van der Waals surface area contributed by atoms with Crippen LogP contribution < -0.4 is 5.73 Å². The Balaban J connectivity index is 2.47. The summed E-state index contributed by atoms with van der Waals surface area (Å²) in [6.45, 7) is 1.92. The van der Waals surface area contributed by atoms with Gasteiger partial charge in [0.1, 0.15) is 5.25 Å². The molecular formula is C15H16ClNO2S. The van der Waals surface area contributed by atoms with E-state index in [9.17, 15) is 8.42 Å². The summed E-state index contributed by atoms with van der Waals surface area (Å²) in [6.07, 6.45) is 0. The number of benzene rings is 2. The van der Waals surface area contributed by atoms with Gasteiger partial charge in [-0.1, -0.05) is 41.4 Å². The number of nitrogens with two attached hydrogens (primary N) is 1. The first-order valence-electron chi connectivity index (χ1n) is 6.21. The van der Waals surface area contributed by atoms with E-state index in [-0.39, 0.29) is 11.4 Å². The lowest BCUT2D eigenvalue weighted by Crippen LogP contribution is -2.22. The molecule has 0 fully saturated rings. The second-order valence-electron chi connectivity index (χ2n) is 4.64. The Morgan fingerprint density at radius 1 is 1.15 bits per heavy atom. The van der Waals surface area contributed by atoms with Crippen molar-refractivity contribution >= 4 is 21.4 Å². The van der Waals surface area contributed by atoms with Gasteiger partial charge in [0, 0.05) is 11.6 Å². The summed E-state index contributed by atoms with van der Waals surface area (Å²) in [5.41, 5.74) is 7.31. The van der Waals surface area contributed by atoms with Crippen LogP contribution in [0.5, 0.6) is 0 Å². The highest BCUT2D eigenvalue weighted by Crippen LogP contribution is 2.29. The summed E-state index contributed by atoms with van der Waals surface area (Å²) in [5.74, 6) is 0. The molecule has 20 heavy (non-hydrogen) atoms. The third-order valence-corrected chi connectivity index (χ3v) is 5.54. The molecule has 0 heterocycles. The summed E-state index contributed by atoms with van der Waals surface area (Å²) < 4.78 is 25.3. The largest absolute Gasteiger partial charge is 0.329 e. The summed E-state index contributed by atoms with van der Waals surface area (Å²) in [5, 5.41) is -0.288. The summed E-state index contributed by atoms with van der Waals surface area (Å²) >= 11 is 5.93. The molecule has 0 spiro atoms. The Hall–Kier alpha value is -1.36. The zero-order valence-corrected chi connectivity index (χ0v) is 12.7. The lowest BCUT2D eigenvalue weighted by Gasteiger charge is -2.16. The molecule has 0 saturated carbocycles. The van der Waals surface area contributed by atoms with Crippen molar-refractivity contribution in [1.29, 1.82) is 0 Å². The molecule has 0 aliphatic carbocycles. The minimum Gasteiger partial charge on any atom is -0.329 e. The summed E-state index contributed by atoms with van der Waals surface area (Å²) in [6, 6.07) is 13.6. The monoisotopic (exact) mass is 309 g/mol. The maximum atomic E-state index is 12.7. The first-order valence-corrected chi connectivity index (χ1v) is 8.13. The van der Waals surface area contributed by atoms with Crippen LogP contribution in [-0.2, 0) is 9.84 Å². The molecule has 106 valence electrons. The van der Waals surface area contributed by atoms with Crippen molar-refractivity contribution in [2.24, 2.45) is 5.73 Å². The van der Waals surface area contributed by atoms with Crippen LogP contribution in [0.3, 0.4) is 0 Å². The number of halogens is 1. The van der Waals surface area contributed by atoms with Crippen LogP contribution in [0.25, 0.3) is 0 Å². The topological polar surface area (TPSA) is 60.2 Å². The van der Waals surface area contributed by atoms with Crippen molar-refractivity contribution in [3.63, 3.8) is 0 Å². The van der Waals surface area contributed by atoms with Gasteiger partial charge in [-0.25, -0.2) is 8.42 Å². The fourth-order valence-electron chi connectivity index (χ4n) is 2.04. The van der Waals surface area contributed by atoms with E-state index in [0.29, 0.717) is 10.6 Å². The maximum absolute atomic E-state index is 12.7. The standard InChI is InChI=1S/C15H16ClNO2S/c1-11-5-7-14(8-6-11)20(18,19)15(10-17)12-3-2-4-13(16)9-12/h2-9,15H,10,17H2,1H3/t15-/m0/s1. The molecule has 2 N–H and O–H groups in total. The number of hydrogen-bond donors (Lipinski definition) is 1. The van der Waals surface area contributed by atoms with Crippen LogP contribution in [0, 0.1) is 6.92 Å². The molecule has 5 heteroatoms. The smallest absolute Gasteiger partial charge is 0.186 e. The lowest BCUT2D eigenvalue weighted by atomic mass is 10.1. The molecule has 2 rings (SSSR count). The lowest BCUT2D eigenvalue weighted by molar-refractivity contribution is 0.582. The highest BCUT2D eigenvalue weighted by Gasteiger charge is 2.27. The van der Waals surface area contributed by atoms with Crippen LogP contribution in [0.4, 0.5) is 0 Å². The van der Waals surface area contributed by atoms with Crippen molar-refractivity contribution in [3.8, 4) is 0 Å². The zero-order chi connectivity index (χ0) is 14.8. The van der Waals surface area contributed by atoms with E-state index in [1.54, 1.807) is 48.5 Å². The Labute approximate surface area is 124 Å². The third-order valence-electron chi connectivity index (χ3n) is 3.16. The molecular weight excluding hydrogens is 294 g/mol. The summed E-state index contributed by atoms with van der Waals surface area (Å²) in [4.78, 5) is 0.276. The van der Waals surface area contributed by atoms with Crippen molar-refractivity contribution in [3.05, 3.63) is 64.7 Å². The van der Waals surface area contributed by atoms with Crippen LogP contribution in [0.2, 0.25) is 5.02 Å². The number of aryl methyl sites for hydroxylation is 1. The minimum absolute atomic E-state index is 0.0105. The molecule has 0 aromatic heterocycles. The van der Waals surface area contributed by atoms with Crippen LogP contribution in [-0.4, -0.2) is 15.0 Å². The van der Waals surface area contributed by atoms with Crippen molar-refractivity contribution in [1.82, 2.24) is 0 Å². The Morgan fingerprint density at radius 2 is 1.80 bits per heavy atom.